The Bertz CT molecular complexity index is 4310. The number of aromatic nitrogens is 2. The fourth-order valence-corrected chi connectivity index (χ4v) is 14.5. The molecule has 4 aliphatic rings. The van der Waals surface area contributed by atoms with Gasteiger partial charge < -0.3 is 50.4 Å². The number of nitrogens with one attached hydrogen (secondary N) is 2. The van der Waals surface area contributed by atoms with Crippen LogP contribution in [0.25, 0.3) is 22.3 Å². The van der Waals surface area contributed by atoms with Crippen molar-refractivity contribution in [3.05, 3.63) is 184 Å². The molecular weight excluding hydrogens is 1490 g/mol. The summed E-state index contributed by atoms with van der Waals surface area (Å²) in [4.78, 5) is 83.7. The first-order valence-electron chi connectivity index (χ1n) is 34.4. The van der Waals surface area contributed by atoms with Crippen molar-refractivity contribution in [3.8, 4) is 22.3 Å². The van der Waals surface area contributed by atoms with Gasteiger partial charge in [0.1, 0.15) is 23.7 Å². The van der Waals surface area contributed by atoms with Gasteiger partial charge in [-0.15, -0.1) is 0 Å². The molecule has 2 aliphatic carbocycles. The molecule has 109 heavy (non-hydrogen) atoms. The summed E-state index contributed by atoms with van der Waals surface area (Å²) < 4.78 is 209. The number of esters is 1. The molecule has 4 fully saturated rings. The molecule has 5 N–H and O–H groups in total. The number of rotatable bonds is 25. The SMILES string of the molecule is CCOC(=O)C[C@H](NC(=O)C(CC(C)C)n1cc(CCN2CC3(CC3)C2)c(C(F)(F)F)cc1=O)c1cc(-c2c(C)cccc2C)cc(C(F)(F)F)c1F.Cc1cccc(C)c1-c1cc([C@H](CC(=O)O)NC(=O)C(CC(C)C)n2cc(CCN3CC4(CC4)C3)c(C(F)(F)F)cc2=O)c(F)c(C(F)(F)F)c1.S.S.[Li+].[OH-].[OH-]. The van der Waals surface area contributed by atoms with E-state index in [9.17, 15) is 86.6 Å². The molecule has 4 atom stereocenters. The number of alkyl halides is 12. The van der Waals surface area contributed by atoms with E-state index in [2.05, 4.69) is 10.6 Å². The number of ether oxygens (including phenoxy) is 1. The van der Waals surface area contributed by atoms with Crippen LogP contribution in [0.5, 0.6) is 0 Å². The second-order valence-electron chi connectivity index (χ2n) is 29.2. The average molecular weight is 1580 g/mol. The maximum atomic E-state index is 16.1. The Morgan fingerprint density at radius 2 is 0.844 bits per heavy atom. The molecular formula is C76H90F14LiN6O10S2-. The van der Waals surface area contributed by atoms with Crippen LogP contribution in [0.3, 0.4) is 0 Å². The van der Waals surface area contributed by atoms with Gasteiger partial charge in [-0.3, -0.25) is 28.8 Å². The molecule has 16 nitrogen and oxygen atoms in total. The molecule has 4 aromatic carbocycles. The van der Waals surface area contributed by atoms with Crippen molar-refractivity contribution in [3.63, 3.8) is 0 Å². The summed E-state index contributed by atoms with van der Waals surface area (Å²) in [6.07, 6.45) is -15.8. The molecule has 10 rings (SSSR count). The van der Waals surface area contributed by atoms with Gasteiger partial charge in [-0.05, 0) is 189 Å². The number of aryl methyl sites for hydroxylation is 4. The molecule has 0 radical (unpaired) electrons. The van der Waals surface area contributed by atoms with Crippen molar-refractivity contribution in [2.45, 2.75) is 175 Å². The van der Waals surface area contributed by atoms with Crippen LogP contribution >= 0.6 is 27.0 Å². The van der Waals surface area contributed by atoms with Crippen molar-refractivity contribution in [1.29, 1.82) is 0 Å². The molecule has 2 unspecified atom stereocenters. The van der Waals surface area contributed by atoms with E-state index >= 15 is 8.78 Å². The normalized spacial score (nSPS) is 16.0. The van der Waals surface area contributed by atoms with Crippen molar-refractivity contribution >= 4 is 50.7 Å². The Morgan fingerprint density at radius 3 is 1.13 bits per heavy atom. The number of hydrogen-bond donors (Lipinski definition) is 3. The number of carboxylic acid groups (broad SMARTS) is 1. The number of carbonyl (C=O) groups excluding carboxylic acids is 3. The first-order valence-corrected chi connectivity index (χ1v) is 34.4. The van der Waals surface area contributed by atoms with E-state index in [-0.39, 0.29) is 134 Å². The standard InChI is InChI=1S/C39H44F7N3O4.C37H40F7N3O4.Li.2H2O.2H2S/c1-6-53-33(51)18-30(27-15-26(16-29(35(27)40)39(44,45)46)34-23(4)8-7-9-24(34)5)47-36(52)31(14-22(2)3)49-19-25(28(17-32(49)50)38(41,42)43)10-13-48-20-37(21-48)11-12-37;1-20(2)12-29(47-17-23(26(15-30(47)48)36(39,40)41)8-11-46-18-35(19-46)9-10-35)34(51)45-28(16-31(49)50)25-13-24(14-27(33(25)38)37(42,43)44)32-21(3)6-5-7-22(32)4;;;;;/h7-9,15-17,19,22,30-31H,6,10-14,18,20-21H2,1-5H3,(H,47,52);5-7,13-15,17,20,28-29H,8-12,16,18-19H2,1-4H3,(H,45,51)(H,49,50);;4*1H2/q;;+1;;;;/p-2/t30-,31?;28-,29?;;;;;/m00...../s1. The third-order valence-corrected chi connectivity index (χ3v) is 19.9. The number of carboxylic acids is 1. The van der Waals surface area contributed by atoms with E-state index in [0.717, 1.165) is 85.5 Å². The molecule has 4 heterocycles. The van der Waals surface area contributed by atoms with E-state index in [1.807, 2.05) is 9.80 Å². The second-order valence-corrected chi connectivity index (χ2v) is 29.2. The first kappa shape index (κ1) is 94.2. The predicted molar refractivity (Wildman–Crippen MR) is 385 cm³/mol. The molecule has 2 aromatic heterocycles. The fraction of sp³-hybridized carbons (Fsp3) is 0.500. The molecule has 2 spiro atoms. The second kappa shape index (κ2) is 37.0. The number of nitrogens with zero attached hydrogens (tertiary/aromatic N) is 4. The van der Waals surface area contributed by atoms with Gasteiger partial charge in [-0.1, -0.05) is 64.1 Å². The van der Waals surface area contributed by atoms with Crippen LogP contribution in [0.1, 0.15) is 177 Å². The number of aliphatic carboxylic acids is 1. The van der Waals surface area contributed by atoms with Gasteiger partial charge >= 0.3 is 55.5 Å². The van der Waals surface area contributed by atoms with Gasteiger partial charge in [0.05, 0.1) is 53.8 Å². The predicted octanol–water partition coefficient (Wildman–Crippen LogP) is 13.1. The third kappa shape index (κ3) is 22.8. The average Bonchev–Trinajstić information content (AvgIpc) is 1.66. The van der Waals surface area contributed by atoms with E-state index in [4.69, 9.17) is 4.74 Å². The topological polar surface area (TPSA) is 232 Å². The quantitative estimate of drug-likeness (QED) is 0.0276. The Labute approximate surface area is 647 Å². The smallest absolute Gasteiger partial charge is 0.870 e. The van der Waals surface area contributed by atoms with E-state index < -0.39 is 142 Å². The van der Waals surface area contributed by atoms with Crippen molar-refractivity contribution in [2.24, 2.45) is 22.7 Å². The van der Waals surface area contributed by atoms with Crippen molar-refractivity contribution < 1.29 is 120 Å². The zero-order valence-corrected chi connectivity index (χ0v) is 63.8. The maximum absolute atomic E-state index is 16.1. The first-order chi connectivity index (χ1) is 48.4. The zero-order chi connectivity index (χ0) is 76.7. The molecule has 596 valence electrons. The molecule has 2 amide bonds. The van der Waals surface area contributed by atoms with Crippen LogP contribution in [-0.4, -0.2) is 105 Å². The summed E-state index contributed by atoms with van der Waals surface area (Å²) in [7, 11) is 0. The van der Waals surface area contributed by atoms with Crippen LogP contribution in [-0.2, 0) is 61.5 Å². The Kier molecular flexibility index (Phi) is 32.0. The summed E-state index contributed by atoms with van der Waals surface area (Å²) in [6, 6.07) is 7.92. The summed E-state index contributed by atoms with van der Waals surface area (Å²) in [6.45, 7) is 18.5. The van der Waals surface area contributed by atoms with Gasteiger partial charge in [-0.2, -0.15) is 79.7 Å². The number of halogens is 14. The molecule has 6 aromatic rings. The fourth-order valence-electron chi connectivity index (χ4n) is 14.5. The zero-order valence-electron chi connectivity index (χ0n) is 61.8. The van der Waals surface area contributed by atoms with Crippen LogP contribution < -0.4 is 40.6 Å². The van der Waals surface area contributed by atoms with Crippen molar-refractivity contribution in [1.82, 2.24) is 29.6 Å². The monoisotopic (exact) mass is 1580 g/mol. The van der Waals surface area contributed by atoms with Crippen LogP contribution in [0.15, 0.2) is 94.8 Å². The number of pyridine rings is 2. The van der Waals surface area contributed by atoms with Crippen molar-refractivity contribution in [2.75, 3.05) is 45.9 Å². The Balaban J connectivity index is 0.000000440. The van der Waals surface area contributed by atoms with Gasteiger partial charge in [0.15, 0.2) is 0 Å². The number of carbonyl (C=O) groups is 4. The summed E-state index contributed by atoms with van der Waals surface area (Å²) >= 11 is 0. The Hall–Kier alpha value is -7.18. The summed E-state index contributed by atoms with van der Waals surface area (Å²) in [5.41, 5.74) is -6.07. The summed E-state index contributed by atoms with van der Waals surface area (Å²) in [5.74, 6) is -8.70. The molecule has 2 saturated carbocycles. The minimum Gasteiger partial charge on any atom is -0.870 e. The van der Waals surface area contributed by atoms with Gasteiger partial charge in [0.2, 0.25) is 11.8 Å². The number of amides is 2. The van der Waals surface area contributed by atoms with Gasteiger partial charge in [0, 0.05) is 74.9 Å². The molecule has 2 saturated heterocycles. The van der Waals surface area contributed by atoms with Crippen LogP contribution in [0, 0.1) is 62.0 Å². The number of hydrogen-bond acceptors (Lipinski definition) is 11. The van der Waals surface area contributed by atoms with E-state index in [1.165, 1.54) is 6.92 Å². The Morgan fingerprint density at radius 1 is 0.523 bits per heavy atom. The van der Waals surface area contributed by atoms with E-state index in [1.54, 1.807) is 91.8 Å². The maximum Gasteiger partial charge on any atom is 1.00 e. The molecule has 33 heteroatoms. The van der Waals surface area contributed by atoms with Crippen LogP contribution in [0.4, 0.5) is 61.5 Å². The van der Waals surface area contributed by atoms with Gasteiger partial charge in [-0.25, -0.2) is 8.78 Å². The number of likely N-dealkylation sites (tertiary alicyclic amines) is 2. The largest absolute Gasteiger partial charge is 1.00 e. The summed E-state index contributed by atoms with van der Waals surface area (Å²) in [5, 5.41) is 14.6. The minimum atomic E-state index is -5.19. The molecule has 2 aliphatic heterocycles. The number of benzene rings is 4. The third-order valence-electron chi connectivity index (χ3n) is 19.9. The van der Waals surface area contributed by atoms with Gasteiger partial charge in [0.25, 0.3) is 11.1 Å². The minimum absolute atomic E-state index is 0. The van der Waals surface area contributed by atoms with E-state index in [0.29, 0.717) is 70.7 Å². The molecule has 0 bridgehead atoms. The van der Waals surface area contributed by atoms with Crippen LogP contribution in [0.2, 0.25) is 0 Å².